The molecule has 0 aliphatic heterocycles. The van der Waals surface area contributed by atoms with Gasteiger partial charge in [-0.05, 0) is 0 Å². The fourth-order valence-corrected chi connectivity index (χ4v) is 20.2. The van der Waals surface area contributed by atoms with Crippen molar-refractivity contribution in [1.82, 2.24) is 0 Å². The van der Waals surface area contributed by atoms with E-state index in [1.165, 1.54) is 57.4 Å². The molecule has 2 aromatic rings. The van der Waals surface area contributed by atoms with Crippen LogP contribution in [-0.4, -0.2) is 31.7 Å². The monoisotopic (exact) mass is 536 g/mol. The predicted octanol–water partition coefficient (Wildman–Crippen LogP) is 7.67. The molecule has 0 bridgehead atoms. The van der Waals surface area contributed by atoms with Crippen LogP contribution in [0.15, 0.2) is 48.5 Å². The van der Waals surface area contributed by atoms with E-state index in [0.717, 1.165) is 5.75 Å². The second-order valence-corrected chi connectivity index (χ2v) is 21.8. The molecule has 0 unspecified atom stereocenters. The maximum absolute atomic E-state index is 12.2. The van der Waals surface area contributed by atoms with Gasteiger partial charge < -0.3 is 0 Å². The SMILES string of the molecule is CCC[CH2][Sn]([CH2]CCC)([CH2]CCC)[c]1ccc(COc2ccc(OCCF)cc2)cc1. The number of ether oxygens (including phenoxy) is 2. The molecule has 0 aliphatic carbocycles. The van der Waals surface area contributed by atoms with Crippen LogP contribution >= 0.6 is 0 Å². The second kappa shape index (κ2) is 14.8. The number of halogens is 1. The number of unbranched alkanes of at least 4 members (excludes halogenated alkanes) is 3. The summed E-state index contributed by atoms with van der Waals surface area (Å²) in [5.74, 6) is 1.48. The molecule has 31 heavy (non-hydrogen) atoms. The van der Waals surface area contributed by atoms with Crippen molar-refractivity contribution in [2.24, 2.45) is 0 Å². The van der Waals surface area contributed by atoms with Gasteiger partial charge in [0.05, 0.1) is 0 Å². The van der Waals surface area contributed by atoms with Crippen LogP contribution in [0.4, 0.5) is 4.39 Å². The number of alkyl halides is 1. The molecule has 172 valence electrons. The van der Waals surface area contributed by atoms with Crippen LogP contribution in [0.2, 0.25) is 13.3 Å². The molecule has 0 spiro atoms. The zero-order valence-electron chi connectivity index (χ0n) is 19.8. The fraction of sp³-hybridized carbons (Fsp3) is 0.556. The van der Waals surface area contributed by atoms with Gasteiger partial charge in [0.15, 0.2) is 0 Å². The molecule has 0 atom stereocenters. The molecular formula is C27H41FO2Sn. The Kier molecular flexibility index (Phi) is 12.4. The third-order valence-corrected chi connectivity index (χ3v) is 21.8. The summed E-state index contributed by atoms with van der Waals surface area (Å²) in [6, 6.07) is 16.8. The Morgan fingerprint density at radius 2 is 1.16 bits per heavy atom. The maximum atomic E-state index is 12.2. The number of rotatable bonds is 16. The van der Waals surface area contributed by atoms with E-state index in [9.17, 15) is 4.39 Å². The number of hydrogen-bond donors (Lipinski definition) is 0. The van der Waals surface area contributed by atoms with Gasteiger partial charge in [0.1, 0.15) is 6.67 Å². The van der Waals surface area contributed by atoms with Crippen LogP contribution in [0.5, 0.6) is 11.5 Å². The predicted molar refractivity (Wildman–Crippen MR) is 133 cm³/mol. The van der Waals surface area contributed by atoms with Gasteiger partial charge in [0.25, 0.3) is 0 Å². The summed E-state index contributed by atoms with van der Waals surface area (Å²) in [5.41, 5.74) is 1.21. The molecule has 4 heteroatoms. The van der Waals surface area contributed by atoms with Crippen molar-refractivity contribution in [1.29, 1.82) is 0 Å². The Morgan fingerprint density at radius 1 is 0.677 bits per heavy atom. The van der Waals surface area contributed by atoms with Crippen molar-refractivity contribution in [3.05, 3.63) is 54.1 Å². The van der Waals surface area contributed by atoms with Gasteiger partial charge in [0.2, 0.25) is 0 Å². The molecule has 2 rings (SSSR count). The van der Waals surface area contributed by atoms with Crippen LogP contribution < -0.4 is 13.1 Å². The minimum absolute atomic E-state index is 0.0911. The fourth-order valence-electron chi connectivity index (χ4n) is 4.26. The van der Waals surface area contributed by atoms with Gasteiger partial charge >= 0.3 is 183 Å². The molecule has 0 radical (unpaired) electrons. The molecule has 0 amide bonds. The van der Waals surface area contributed by atoms with Crippen molar-refractivity contribution in [3.63, 3.8) is 0 Å². The molecule has 2 aromatic carbocycles. The van der Waals surface area contributed by atoms with Crippen LogP contribution in [0.25, 0.3) is 0 Å². The molecule has 0 fully saturated rings. The third kappa shape index (κ3) is 8.67. The Labute approximate surface area is 193 Å². The van der Waals surface area contributed by atoms with E-state index in [4.69, 9.17) is 9.47 Å². The van der Waals surface area contributed by atoms with Gasteiger partial charge in [0, 0.05) is 0 Å². The van der Waals surface area contributed by atoms with E-state index >= 15 is 0 Å². The Bertz CT molecular complexity index is 693. The molecule has 0 saturated heterocycles. The van der Waals surface area contributed by atoms with E-state index in [0.29, 0.717) is 12.4 Å². The summed E-state index contributed by atoms with van der Waals surface area (Å²) in [5, 5.41) is 0. The Balaban J connectivity index is 2.05. The van der Waals surface area contributed by atoms with Gasteiger partial charge in [-0.2, -0.15) is 0 Å². The van der Waals surface area contributed by atoms with Gasteiger partial charge in [-0.15, -0.1) is 0 Å². The van der Waals surface area contributed by atoms with Crippen molar-refractivity contribution < 1.29 is 13.9 Å². The van der Waals surface area contributed by atoms with Crippen molar-refractivity contribution >= 4 is 22.0 Å². The van der Waals surface area contributed by atoms with Crippen LogP contribution in [-0.2, 0) is 6.61 Å². The van der Waals surface area contributed by atoms with Crippen molar-refractivity contribution in [3.8, 4) is 11.5 Å². The van der Waals surface area contributed by atoms with Crippen LogP contribution in [0.3, 0.4) is 0 Å². The first-order valence-corrected chi connectivity index (χ1v) is 19.7. The van der Waals surface area contributed by atoms with E-state index in [1.54, 1.807) is 3.58 Å². The van der Waals surface area contributed by atoms with E-state index in [-0.39, 0.29) is 6.61 Å². The summed E-state index contributed by atoms with van der Waals surface area (Å²) in [4.78, 5) is 0. The summed E-state index contributed by atoms with van der Waals surface area (Å²) >= 11 is -2.34. The molecule has 0 saturated carbocycles. The first kappa shape index (κ1) is 26.0. The molecule has 0 N–H and O–H groups in total. The molecule has 0 aromatic heterocycles. The average molecular weight is 535 g/mol. The number of hydrogen-bond acceptors (Lipinski definition) is 2. The normalized spacial score (nSPS) is 11.5. The van der Waals surface area contributed by atoms with Gasteiger partial charge in [-0.25, -0.2) is 4.39 Å². The van der Waals surface area contributed by atoms with Gasteiger partial charge in [-0.3, -0.25) is 0 Å². The molecule has 2 nitrogen and oxygen atoms in total. The summed E-state index contributed by atoms with van der Waals surface area (Å²) in [6.45, 7) is 7.17. The molecular weight excluding hydrogens is 494 g/mol. The second-order valence-electron chi connectivity index (χ2n) is 8.59. The van der Waals surface area contributed by atoms with Crippen LogP contribution in [0, 0.1) is 0 Å². The van der Waals surface area contributed by atoms with Crippen molar-refractivity contribution in [2.45, 2.75) is 79.2 Å². The molecule has 0 aliphatic rings. The van der Waals surface area contributed by atoms with Gasteiger partial charge in [-0.1, -0.05) is 0 Å². The zero-order valence-corrected chi connectivity index (χ0v) is 22.7. The average Bonchev–Trinajstić information content (AvgIpc) is 2.82. The Morgan fingerprint density at radius 3 is 1.61 bits per heavy atom. The van der Waals surface area contributed by atoms with Crippen LogP contribution in [0.1, 0.15) is 64.9 Å². The molecule has 0 heterocycles. The summed E-state index contributed by atoms with van der Waals surface area (Å²) in [6.07, 6.45) is 8.08. The van der Waals surface area contributed by atoms with Crippen molar-refractivity contribution in [2.75, 3.05) is 13.3 Å². The first-order chi connectivity index (χ1) is 15.2. The first-order valence-electron chi connectivity index (χ1n) is 12.2. The van der Waals surface area contributed by atoms with E-state index < -0.39 is 25.1 Å². The quantitative estimate of drug-likeness (QED) is 0.206. The minimum atomic E-state index is -2.34. The number of benzene rings is 2. The standard InChI is InChI=1S/C15H14FO2.3C4H9.Sn/c16-10-11-17-14-6-8-15(9-7-14)18-12-13-4-2-1-3-5-13;3*1-3-4-2;/h2-9H,10-12H2;3*1,3-4H2,2H3;. The van der Waals surface area contributed by atoms with E-state index in [2.05, 4.69) is 45.0 Å². The summed E-state index contributed by atoms with van der Waals surface area (Å²) in [7, 11) is 0. The Hall–Kier alpha value is -1.23. The zero-order chi connectivity index (χ0) is 22.4. The third-order valence-electron chi connectivity index (χ3n) is 6.17. The summed E-state index contributed by atoms with van der Waals surface area (Å²) < 4.78 is 29.6. The topological polar surface area (TPSA) is 18.5 Å². The van der Waals surface area contributed by atoms with E-state index in [1.807, 2.05) is 24.3 Å².